The van der Waals surface area contributed by atoms with Gasteiger partial charge in [0.25, 0.3) is 0 Å². The molecule has 102 valence electrons. The molecule has 4 heteroatoms. The van der Waals surface area contributed by atoms with Crippen molar-refractivity contribution in [2.24, 2.45) is 0 Å². The zero-order valence-electron chi connectivity index (χ0n) is 10.9. The van der Waals surface area contributed by atoms with Crippen molar-refractivity contribution in [2.45, 2.75) is 13.0 Å². The van der Waals surface area contributed by atoms with Gasteiger partial charge < -0.3 is 5.32 Å². The van der Waals surface area contributed by atoms with E-state index in [9.17, 15) is 8.78 Å². The first-order valence-corrected chi connectivity index (χ1v) is 6.33. The van der Waals surface area contributed by atoms with Crippen LogP contribution in [0.3, 0.4) is 0 Å². The number of halogens is 2. The Morgan fingerprint density at radius 3 is 2.50 bits per heavy atom. The maximum absolute atomic E-state index is 13.8. The molecular weight excluding hydrogens is 258 g/mol. The first-order valence-electron chi connectivity index (χ1n) is 6.33. The van der Waals surface area contributed by atoms with Crippen molar-refractivity contribution >= 4 is 0 Å². The lowest BCUT2D eigenvalue weighted by Gasteiger charge is -2.07. The summed E-state index contributed by atoms with van der Waals surface area (Å²) in [4.78, 5) is 0. The molecule has 0 unspecified atom stereocenters. The molecule has 0 aromatic heterocycles. The predicted octanol–water partition coefficient (Wildman–Crippen LogP) is 3.17. The third kappa shape index (κ3) is 3.62. The minimum Gasteiger partial charge on any atom is -0.312 e. The zero-order chi connectivity index (χ0) is 14.4. The third-order valence-electron chi connectivity index (χ3n) is 3.02. The fourth-order valence-corrected chi connectivity index (χ4v) is 1.91. The van der Waals surface area contributed by atoms with Crippen LogP contribution in [0.4, 0.5) is 8.78 Å². The second-order valence-electron chi connectivity index (χ2n) is 4.44. The molecule has 0 amide bonds. The maximum Gasteiger partial charge on any atom is 0.145 e. The molecule has 2 nitrogen and oxygen atoms in total. The normalized spacial score (nSPS) is 10.2. The van der Waals surface area contributed by atoms with E-state index in [2.05, 4.69) is 5.32 Å². The Balaban J connectivity index is 1.85. The van der Waals surface area contributed by atoms with Gasteiger partial charge in [-0.15, -0.1) is 0 Å². The van der Waals surface area contributed by atoms with Gasteiger partial charge in [0.05, 0.1) is 5.56 Å². The Labute approximate surface area is 116 Å². The Morgan fingerprint density at radius 2 is 1.80 bits per heavy atom. The lowest BCUT2D eigenvalue weighted by Crippen LogP contribution is -2.17. The first-order chi connectivity index (χ1) is 9.70. The van der Waals surface area contributed by atoms with Gasteiger partial charge in [-0.25, -0.2) is 8.78 Å². The summed E-state index contributed by atoms with van der Waals surface area (Å²) in [5.74, 6) is -0.721. The summed E-state index contributed by atoms with van der Waals surface area (Å²) in [5, 5.41) is 11.9. The van der Waals surface area contributed by atoms with Crippen LogP contribution < -0.4 is 5.32 Å². The first kappa shape index (κ1) is 14.2. The van der Waals surface area contributed by atoms with Crippen LogP contribution in [0.2, 0.25) is 0 Å². The van der Waals surface area contributed by atoms with Gasteiger partial charge in [0, 0.05) is 12.1 Å². The number of benzene rings is 2. The molecular formula is C16H14F2N2. The van der Waals surface area contributed by atoms with Crippen molar-refractivity contribution in [1.82, 2.24) is 5.32 Å². The highest BCUT2D eigenvalue weighted by Gasteiger charge is 2.06. The quantitative estimate of drug-likeness (QED) is 0.849. The van der Waals surface area contributed by atoms with E-state index in [0.717, 1.165) is 12.0 Å². The number of nitrogens with zero attached hydrogens (tertiary/aromatic N) is 1. The van der Waals surface area contributed by atoms with Crippen molar-refractivity contribution in [1.29, 1.82) is 5.26 Å². The smallest absolute Gasteiger partial charge is 0.145 e. The molecule has 1 N–H and O–H groups in total. The van der Waals surface area contributed by atoms with Gasteiger partial charge in [0.15, 0.2) is 0 Å². The maximum atomic E-state index is 13.8. The van der Waals surface area contributed by atoms with E-state index in [1.165, 1.54) is 18.2 Å². The molecule has 0 atom stereocenters. The molecule has 0 heterocycles. The Hall–Kier alpha value is -2.25. The Bertz CT molecular complexity index is 615. The van der Waals surface area contributed by atoms with E-state index < -0.39 is 5.82 Å². The van der Waals surface area contributed by atoms with E-state index in [4.69, 9.17) is 5.26 Å². The topological polar surface area (TPSA) is 35.8 Å². The molecule has 0 fully saturated rings. The second kappa shape index (κ2) is 6.78. The summed E-state index contributed by atoms with van der Waals surface area (Å²) in [6, 6.07) is 12.9. The molecule has 2 aromatic rings. The number of nitriles is 1. The van der Waals surface area contributed by atoms with Gasteiger partial charge in [0.2, 0.25) is 0 Å². The number of nitrogens with one attached hydrogen (secondary N) is 1. The van der Waals surface area contributed by atoms with Crippen molar-refractivity contribution in [3.63, 3.8) is 0 Å². The van der Waals surface area contributed by atoms with Crippen molar-refractivity contribution in [3.8, 4) is 6.07 Å². The highest BCUT2D eigenvalue weighted by Crippen LogP contribution is 2.11. The molecule has 0 aliphatic rings. The van der Waals surface area contributed by atoms with Crippen LogP contribution in [-0.4, -0.2) is 6.54 Å². The zero-order valence-corrected chi connectivity index (χ0v) is 10.9. The van der Waals surface area contributed by atoms with E-state index >= 15 is 0 Å². The molecule has 0 radical (unpaired) electrons. The molecule has 2 aromatic carbocycles. The molecule has 0 aliphatic carbocycles. The summed E-state index contributed by atoms with van der Waals surface area (Å²) in [6.07, 6.45) is 0.736. The summed E-state index contributed by atoms with van der Waals surface area (Å²) < 4.78 is 26.5. The van der Waals surface area contributed by atoms with Crippen molar-refractivity contribution in [2.75, 3.05) is 6.54 Å². The SMILES string of the molecule is N#Cc1cccc(CNCCc2ccc(F)cc2)c1F. The monoisotopic (exact) mass is 272 g/mol. The number of hydrogen-bond acceptors (Lipinski definition) is 2. The fourth-order valence-electron chi connectivity index (χ4n) is 1.91. The molecule has 20 heavy (non-hydrogen) atoms. The van der Waals surface area contributed by atoms with Crippen LogP contribution in [0.5, 0.6) is 0 Å². The standard InChI is InChI=1S/C16H14F2N2/c17-15-6-4-12(5-7-15)8-9-20-11-14-3-1-2-13(10-19)16(14)18/h1-7,20H,8-9,11H2. The van der Waals surface area contributed by atoms with Gasteiger partial charge >= 0.3 is 0 Å². The average molecular weight is 272 g/mol. The van der Waals surface area contributed by atoms with Crippen molar-refractivity contribution in [3.05, 3.63) is 70.8 Å². The minimum atomic E-state index is -0.468. The number of hydrogen-bond donors (Lipinski definition) is 1. The van der Waals surface area contributed by atoms with E-state index in [-0.39, 0.29) is 11.4 Å². The Kier molecular flexibility index (Phi) is 4.80. The Morgan fingerprint density at radius 1 is 1.05 bits per heavy atom. The van der Waals surface area contributed by atoms with E-state index in [1.54, 1.807) is 24.3 Å². The summed E-state index contributed by atoms with van der Waals surface area (Å²) in [6.45, 7) is 1.02. The van der Waals surface area contributed by atoms with Gasteiger partial charge in [-0.1, -0.05) is 24.3 Å². The van der Waals surface area contributed by atoms with Crippen LogP contribution in [0.15, 0.2) is 42.5 Å². The fraction of sp³-hybridized carbons (Fsp3) is 0.188. The molecule has 0 saturated heterocycles. The molecule has 0 aliphatic heterocycles. The van der Waals surface area contributed by atoms with Gasteiger partial charge in [-0.3, -0.25) is 0 Å². The largest absolute Gasteiger partial charge is 0.312 e. The van der Waals surface area contributed by atoms with Gasteiger partial charge in [-0.2, -0.15) is 5.26 Å². The van der Waals surface area contributed by atoms with Crippen LogP contribution in [0.25, 0.3) is 0 Å². The minimum absolute atomic E-state index is 0.0582. The third-order valence-corrected chi connectivity index (χ3v) is 3.02. The lowest BCUT2D eigenvalue weighted by molar-refractivity contribution is 0.585. The molecule has 0 saturated carbocycles. The van der Waals surface area contributed by atoms with Crippen LogP contribution >= 0.6 is 0 Å². The van der Waals surface area contributed by atoms with Crippen molar-refractivity contribution < 1.29 is 8.78 Å². The molecule has 2 rings (SSSR count). The summed E-state index contributed by atoms with van der Waals surface area (Å²) >= 11 is 0. The lowest BCUT2D eigenvalue weighted by atomic mass is 10.1. The highest BCUT2D eigenvalue weighted by molar-refractivity contribution is 5.34. The summed E-state index contributed by atoms with van der Waals surface area (Å²) in [5.41, 5.74) is 1.55. The highest BCUT2D eigenvalue weighted by atomic mass is 19.1. The van der Waals surface area contributed by atoms with Crippen LogP contribution in [0, 0.1) is 23.0 Å². The average Bonchev–Trinajstić information content (AvgIpc) is 2.47. The predicted molar refractivity (Wildman–Crippen MR) is 72.9 cm³/mol. The second-order valence-corrected chi connectivity index (χ2v) is 4.44. The van der Waals surface area contributed by atoms with Gasteiger partial charge in [0.1, 0.15) is 17.7 Å². The van der Waals surface area contributed by atoms with E-state index in [1.807, 2.05) is 6.07 Å². The molecule has 0 bridgehead atoms. The molecule has 0 spiro atoms. The summed E-state index contributed by atoms with van der Waals surface area (Å²) in [7, 11) is 0. The van der Waals surface area contributed by atoms with Gasteiger partial charge in [-0.05, 0) is 36.7 Å². The van der Waals surface area contributed by atoms with Crippen LogP contribution in [0.1, 0.15) is 16.7 Å². The number of rotatable bonds is 5. The van der Waals surface area contributed by atoms with Crippen LogP contribution in [-0.2, 0) is 13.0 Å². The van der Waals surface area contributed by atoms with E-state index in [0.29, 0.717) is 18.7 Å².